The van der Waals surface area contributed by atoms with Crippen LogP contribution in [0.2, 0.25) is 0 Å². The molecule has 0 bridgehead atoms. The van der Waals surface area contributed by atoms with Crippen molar-refractivity contribution in [2.24, 2.45) is 11.7 Å². The SMILES string of the molecule is CC(=O)c1ccc(NC(=O)N(CCc2ccc(OCc3ccccc3)cc2)C(=O)CCC(C)C(N)=O)cc1. The van der Waals surface area contributed by atoms with E-state index >= 15 is 0 Å². The van der Waals surface area contributed by atoms with E-state index < -0.39 is 23.8 Å². The molecular formula is C30H33N3O5. The van der Waals surface area contributed by atoms with E-state index in [1.165, 1.54) is 6.92 Å². The minimum Gasteiger partial charge on any atom is -0.489 e. The number of amides is 4. The molecule has 8 nitrogen and oxygen atoms in total. The highest BCUT2D eigenvalue weighted by molar-refractivity contribution is 6.01. The Bertz CT molecular complexity index is 1240. The number of ketones is 1. The fraction of sp³-hybridized carbons (Fsp3) is 0.267. The largest absolute Gasteiger partial charge is 0.489 e. The molecule has 0 aliphatic rings. The van der Waals surface area contributed by atoms with Crippen LogP contribution in [0.15, 0.2) is 78.9 Å². The fourth-order valence-corrected chi connectivity index (χ4v) is 3.67. The lowest BCUT2D eigenvalue weighted by atomic mass is 10.0. The lowest BCUT2D eigenvalue weighted by Crippen LogP contribution is -2.41. The first-order valence-electron chi connectivity index (χ1n) is 12.5. The van der Waals surface area contributed by atoms with Crippen LogP contribution in [0.4, 0.5) is 10.5 Å². The van der Waals surface area contributed by atoms with Gasteiger partial charge in [-0.25, -0.2) is 4.79 Å². The molecule has 38 heavy (non-hydrogen) atoms. The number of hydrogen-bond acceptors (Lipinski definition) is 5. The molecule has 4 amide bonds. The second-order valence-corrected chi connectivity index (χ2v) is 9.12. The van der Waals surface area contributed by atoms with E-state index in [1.54, 1.807) is 31.2 Å². The Balaban J connectivity index is 1.64. The quantitative estimate of drug-likeness (QED) is 0.330. The summed E-state index contributed by atoms with van der Waals surface area (Å²) >= 11 is 0. The van der Waals surface area contributed by atoms with E-state index in [0.29, 0.717) is 24.3 Å². The van der Waals surface area contributed by atoms with Gasteiger partial charge in [-0.1, -0.05) is 49.4 Å². The Morgan fingerprint density at radius 3 is 2.16 bits per heavy atom. The van der Waals surface area contributed by atoms with Gasteiger partial charge in [-0.15, -0.1) is 0 Å². The van der Waals surface area contributed by atoms with Gasteiger partial charge in [0.25, 0.3) is 0 Å². The van der Waals surface area contributed by atoms with Crippen LogP contribution in [-0.4, -0.2) is 35.1 Å². The van der Waals surface area contributed by atoms with E-state index in [9.17, 15) is 19.2 Å². The number of rotatable bonds is 12. The van der Waals surface area contributed by atoms with Crippen LogP contribution in [0.3, 0.4) is 0 Å². The molecule has 0 spiro atoms. The average molecular weight is 516 g/mol. The molecular weight excluding hydrogens is 482 g/mol. The van der Waals surface area contributed by atoms with Crippen molar-refractivity contribution < 1.29 is 23.9 Å². The predicted octanol–water partition coefficient (Wildman–Crippen LogP) is 4.97. The topological polar surface area (TPSA) is 119 Å². The number of nitrogens with one attached hydrogen (secondary N) is 1. The molecule has 198 valence electrons. The van der Waals surface area contributed by atoms with E-state index in [1.807, 2.05) is 54.6 Å². The van der Waals surface area contributed by atoms with E-state index in [2.05, 4.69) is 5.32 Å². The highest BCUT2D eigenvalue weighted by Crippen LogP contribution is 2.17. The van der Waals surface area contributed by atoms with Crippen LogP contribution in [0.1, 0.15) is 48.2 Å². The third-order valence-electron chi connectivity index (χ3n) is 6.16. The second kappa shape index (κ2) is 13.7. The number of urea groups is 1. The highest BCUT2D eigenvalue weighted by atomic mass is 16.5. The van der Waals surface area contributed by atoms with Gasteiger partial charge in [0.15, 0.2) is 5.78 Å². The summed E-state index contributed by atoms with van der Waals surface area (Å²) in [6.07, 6.45) is 0.693. The maximum Gasteiger partial charge on any atom is 0.328 e. The van der Waals surface area contributed by atoms with Gasteiger partial charge in [0, 0.05) is 30.1 Å². The normalized spacial score (nSPS) is 11.3. The van der Waals surface area contributed by atoms with Crippen molar-refractivity contribution in [3.05, 3.63) is 95.6 Å². The number of nitrogens with zero attached hydrogens (tertiary/aromatic N) is 1. The lowest BCUT2D eigenvalue weighted by molar-refractivity contribution is -0.128. The molecule has 8 heteroatoms. The summed E-state index contributed by atoms with van der Waals surface area (Å²) in [5.41, 5.74) is 8.30. The fourth-order valence-electron chi connectivity index (χ4n) is 3.67. The summed E-state index contributed by atoms with van der Waals surface area (Å²) in [5.74, 6) is -0.739. The molecule has 3 aromatic carbocycles. The van der Waals surface area contributed by atoms with Crippen molar-refractivity contribution in [2.75, 3.05) is 11.9 Å². The molecule has 0 aliphatic carbocycles. The number of ether oxygens (including phenoxy) is 1. The maximum atomic E-state index is 13.1. The minimum absolute atomic E-state index is 0.00701. The number of carbonyl (C=O) groups excluding carboxylic acids is 4. The van der Waals surface area contributed by atoms with Gasteiger partial charge in [-0.2, -0.15) is 0 Å². The zero-order valence-corrected chi connectivity index (χ0v) is 21.7. The molecule has 0 fully saturated rings. The number of nitrogens with two attached hydrogens (primary N) is 1. The first-order valence-corrected chi connectivity index (χ1v) is 12.5. The zero-order valence-electron chi connectivity index (χ0n) is 21.7. The van der Waals surface area contributed by atoms with E-state index in [-0.39, 0.29) is 25.2 Å². The van der Waals surface area contributed by atoms with Crippen molar-refractivity contribution in [2.45, 2.75) is 39.7 Å². The van der Waals surface area contributed by atoms with Crippen LogP contribution in [-0.2, 0) is 22.6 Å². The summed E-state index contributed by atoms with van der Waals surface area (Å²) in [6.45, 7) is 3.71. The molecule has 0 aromatic heterocycles. The predicted molar refractivity (Wildman–Crippen MR) is 146 cm³/mol. The molecule has 0 saturated heterocycles. The number of carbonyl (C=O) groups is 4. The van der Waals surface area contributed by atoms with Gasteiger partial charge in [0.2, 0.25) is 11.8 Å². The van der Waals surface area contributed by atoms with Crippen molar-refractivity contribution in [1.29, 1.82) is 0 Å². The number of anilines is 1. The van der Waals surface area contributed by atoms with Crippen LogP contribution >= 0.6 is 0 Å². The number of hydrogen-bond donors (Lipinski definition) is 2. The third kappa shape index (κ3) is 8.58. The highest BCUT2D eigenvalue weighted by Gasteiger charge is 2.23. The van der Waals surface area contributed by atoms with Crippen LogP contribution in [0, 0.1) is 5.92 Å². The maximum absolute atomic E-state index is 13.1. The Morgan fingerprint density at radius 2 is 1.55 bits per heavy atom. The number of imide groups is 1. The standard InChI is InChI=1S/C30H33N3O5/c1-21(29(31)36)8-17-28(35)33(30(37)32-26-13-11-25(12-14-26)22(2)34)19-18-23-9-15-27(16-10-23)38-20-24-6-4-3-5-7-24/h3-7,9-16,21H,8,17-20H2,1-2H3,(H2,31,36)(H,32,37). The number of primary amides is 1. The van der Waals surface area contributed by atoms with E-state index in [0.717, 1.165) is 21.8 Å². The third-order valence-corrected chi connectivity index (χ3v) is 6.16. The monoisotopic (exact) mass is 515 g/mol. The van der Waals surface area contributed by atoms with Crippen molar-refractivity contribution in [3.63, 3.8) is 0 Å². The molecule has 3 aromatic rings. The molecule has 1 unspecified atom stereocenters. The first kappa shape index (κ1) is 28.1. The van der Waals surface area contributed by atoms with Gasteiger partial charge < -0.3 is 15.8 Å². The van der Waals surface area contributed by atoms with Crippen LogP contribution in [0.25, 0.3) is 0 Å². The summed E-state index contributed by atoms with van der Waals surface area (Å²) in [6, 6.07) is 23.2. The van der Waals surface area contributed by atoms with Crippen molar-refractivity contribution in [1.82, 2.24) is 4.90 Å². The van der Waals surface area contributed by atoms with Crippen LogP contribution < -0.4 is 15.8 Å². The molecule has 1 atom stereocenters. The Hall–Kier alpha value is -4.46. The molecule has 3 rings (SSSR count). The minimum atomic E-state index is -0.583. The Labute approximate surface area is 222 Å². The van der Waals surface area contributed by atoms with Gasteiger partial charge in [0.05, 0.1) is 0 Å². The lowest BCUT2D eigenvalue weighted by Gasteiger charge is -2.22. The average Bonchev–Trinajstić information content (AvgIpc) is 2.92. The Morgan fingerprint density at radius 1 is 0.895 bits per heavy atom. The zero-order chi connectivity index (χ0) is 27.5. The second-order valence-electron chi connectivity index (χ2n) is 9.12. The summed E-state index contributed by atoms with van der Waals surface area (Å²) in [5, 5.41) is 2.72. The molecule has 0 radical (unpaired) electrons. The molecule has 3 N–H and O–H groups in total. The summed E-state index contributed by atoms with van der Waals surface area (Å²) in [4.78, 5) is 50.1. The van der Waals surface area contributed by atoms with E-state index in [4.69, 9.17) is 10.5 Å². The molecule has 0 aliphatic heterocycles. The number of benzene rings is 3. The Kier molecular flexibility index (Phi) is 10.2. The van der Waals surface area contributed by atoms with Gasteiger partial charge >= 0.3 is 6.03 Å². The number of Topliss-reactive ketones (excluding diaryl/α,β-unsaturated/α-hetero) is 1. The van der Waals surface area contributed by atoms with Crippen molar-refractivity contribution >= 4 is 29.3 Å². The first-order chi connectivity index (χ1) is 18.2. The smallest absolute Gasteiger partial charge is 0.328 e. The summed E-state index contributed by atoms with van der Waals surface area (Å²) < 4.78 is 5.82. The van der Waals surface area contributed by atoms with Crippen molar-refractivity contribution in [3.8, 4) is 5.75 Å². The van der Waals surface area contributed by atoms with Crippen LogP contribution in [0.5, 0.6) is 5.75 Å². The molecule has 0 saturated carbocycles. The van der Waals surface area contributed by atoms with Gasteiger partial charge in [-0.05, 0) is 67.3 Å². The molecule has 0 heterocycles. The summed E-state index contributed by atoms with van der Waals surface area (Å²) in [7, 11) is 0. The van der Waals surface area contributed by atoms with Gasteiger partial charge in [-0.3, -0.25) is 19.3 Å². The van der Waals surface area contributed by atoms with Gasteiger partial charge in [0.1, 0.15) is 12.4 Å².